The minimum atomic E-state index is -0.142. The lowest BCUT2D eigenvalue weighted by atomic mass is 9.33. The van der Waals surface area contributed by atoms with Gasteiger partial charge in [0.2, 0.25) is 0 Å². The first-order valence-electron chi connectivity index (χ1n) is 18.0. The van der Waals surface area contributed by atoms with E-state index in [9.17, 15) is 9.59 Å². The zero-order valence-corrected chi connectivity index (χ0v) is 30.0. The lowest BCUT2D eigenvalue weighted by Gasteiger charge is -2.72. The van der Waals surface area contributed by atoms with E-state index >= 15 is 0 Å². The first kappa shape index (κ1) is 33.3. The number of fused-ring (bicyclic) bond motifs is 7. The second-order valence-electron chi connectivity index (χ2n) is 17.5. The van der Waals surface area contributed by atoms with Gasteiger partial charge < -0.3 is 10.1 Å². The van der Waals surface area contributed by atoms with Crippen LogP contribution in [0.4, 0.5) is 0 Å². The molecular formula is C40H58ClNO3. The van der Waals surface area contributed by atoms with Crippen LogP contribution < -0.4 is 5.32 Å². The number of hydrogen-bond donors (Lipinski definition) is 1. The van der Waals surface area contributed by atoms with Crippen molar-refractivity contribution in [2.45, 2.75) is 132 Å². The Labute approximate surface area is 277 Å². The van der Waals surface area contributed by atoms with Gasteiger partial charge >= 0.3 is 5.97 Å². The van der Waals surface area contributed by atoms with E-state index in [4.69, 9.17) is 16.3 Å². The summed E-state index contributed by atoms with van der Waals surface area (Å²) in [6.07, 6.45) is 11.1. The fraction of sp³-hybridized carbons (Fsp3) is 0.750. The van der Waals surface area contributed by atoms with E-state index in [0.717, 1.165) is 43.8 Å². The van der Waals surface area contributed by atoms with Gasteiger partial charge in [-0.15, -0.1) is 0 Å². The molecule has 0 aromatic heterocycles. The zero-order chi connectivity index (χ0) is 32.6. The third kappa shape index (κ3) is 5.09. The van der Waals surface area contributed by atoms with E-state index < -0.39 is 0 Å². The lowest BCUT2D eigenvalue weighted by molar-refractivity contribution is -0.232. The number of halogens is 1. The monoisotopic (exact) mass is 635 g/mol. The van der Waals surface area contributed by atoms with E-state index in [0.29, 0.717) is 30.0 Å². The average Bonchev–Trinajstić information content (AvgIpc) is 3.26. The van der Waals surface area contributed by atoms with E-state index in [1.54, 1.807) is 12.5 Å². The fourth-order valence-corrected chi connectivity index (χ4v) is 12.7. The summed E-state index contributed by atoms with van der Waals surface area (Å²) in [7, 11) is 0. The second kappa shape index (κ2) is 11.5. The van der Waals surface area contributed by atoms with Crippen molar-refractivity contribution in [2.24, 2.45) is 50.7 Å². The van der Waals surface area contributed by atoms with Gasteiger partial charge in [0.25, 0.3) is 0 Å². The van der Waals surface area contributed by atoms with E-state index in [1.807, 2.05) is 12.1 Å². The van der Waals surface area contributed by atoms with Crippen molar-refractivity contribution in [3.8, 4) is 0 Å². The van der Waals surface area contributed by atoms with Crippen LogP contribution in [-0.4, -0.2) is 24.4 Å². The quantitative estimate of drug-likeness (QED) is 0.239. The predicted octanol–water partition coefficient (Wildman–Crippen LogP) is 9.73. The Morgan fingerprint density at radius 1 is 0.933 bits per heavy atom. The Bertz CT molecular complexity index is 1360. The molecule has 0 unspecified atom stereocenters. The summed E-state index contributed by atoms with van der Waals surface area (Å²) in [6.45, 7) is 20.5. The van der Waals surface area contributed by atoms with Crippen LogP contribution in [0.5, 0.6) is 0 Å². The number of hydrogen-bond acceptors (Lipinski definition) is 4. The van der Waals surface area contributed by atoms with Crippen molar-refractivity contribution in [3.63, 3.8) is 0 Å². The highest BCUT2D eigenvalue weighted by Crippen LogP contribution is 2.77. The molecule has 0 radical (unpaired) electrons. The molecule has 248 valence electrons. The van der Waals surface area contributed by atoms with Crippen LogP contribution in [0.15, 0.2) is 35.4 Å². The summed E-state index contributed by atoms with van der Waals surface area (Å²) >= 11 is 6.11. The standard InChI is InChI=1S/C40H58ClNO3/c1-25(2)34-30(44)23-40(21-22-42-24-27-9-11-28(41)12-10-27)20-19-38(7)29(35(34)40)13-14-32-37(6)17-16-33(45-26(3)43)36(4,5)31(37)15-18-39(32,38)8/h9-12,25,29,31-33,42H,13-24H2,1-8H3/t29-,31+,32-,33+,37+,38-,39-,40-/m1/s1. The number of nitrogens with one attached hydrogen (secondary N) is 1. The van der Waals surface area contributed by atoms with Crippen molar-refractivity contribution < 1.29 is 14.3 Å². The van der Waals surface area contributed by atoms with Gasteiger partial charge in [0.05, 0.1) is 0 Å². The van der Waals surface area contributed by atoms with Crippen LogP contribution in [0.2, 0.25) is 5.02 Å². The molecule has 0 bridgehead atoms. The van der Waals surface area contributed by atoms with E-state index in [-0.39, 0.29) is 45.1 Å². The Morgan fingerprint density at radius 2 is 1.64 bits per heavy atom. The molecule has 1 aromatic carbocycles. The van der Waals surface area contributed by atoms with Gasteiger partial charge in [0.15, 0.2) is 5.78 Å². The minimum Gasteiger partial charge on any atom is -0.462 e. The smallest absolute Gasteiger partial charge is 0.302 e. The number of carbonyl (C=O) groups is 2. The molecule has 8 atom stereocenters. The van der Waals surface area contributed by atoms with Crippen molar-refractivity contribution in [3.05, 3.63) is 46.0 Å². The normalized spacial score (nSPS) is 40.4. The van der Waals surface area contributed by atoms with Crippen LogP contribution >= 0.6 is 11.6 Å². The molecule has 4 nitrogen and oxygen atoms in total. The van der Waals surface area contributed by atoms with Crippen LogP contribution in [0, 0.1) is 50.7 Å². The molecule has 5 aliphatic rings. The van der Waals surface area contributed by atoms with Crippen LogP contribution in [0.3, 0.4) is 0 Å². The molecule has 5 aliphatic carbocycles. The summed E-state index contributed by atoms with van der Waals surface area (Å²) in [6, 6.07) is 8.11. The van der Waals surface area contributed by atoms with Gasteiger partial charge in [-0.05, 0) is 128 Å². The Kier molecular flexibility index (Phi) is 8.50. The van der Waals surface area contributed by atoms with Gasteiger partial charge in [-0.1, -0.05) is 77.8 Å². The molecule has 1 N–H and O–H groups in total. The summed E-state index contributed by atoms with van der Waals surface area (Å²) < 4.78 is 5.95. The Morgan fingerprint density at radius 3 is 2.31 bits per heavy atom. The van der Waals surface area contributed by atoms with Gasteiger partial charge in [-0.3, -0.25) is 9.59 Å². The third-order valence-corrected chi connectivity index (χ3v) is 15.1. The van der Waals surface area contributed by atoms with Gasteiger partial charge in [0, 0.05) is 35.7 Å². The van der Waals surface area contributed by atoms with Gasteiger partial charge in [0.1, 0.15) is 6.10 Å². The van der Waals surface area contributed by atoms with E-state index in [2.05, 4.69) is 65.9 Å². The number of rotatable bonds is 7. The highest BCUT2D eigenvalue weighted by atomic mass is 35.5. The number of Topliss-reactive ketones (excluding diaryl/α,β-unsaturated/α-hetero) is 1. The summed E-state index contributed by atoms with van der Waals surface area (Å²) in [5.41, 5.74) is 4.64. The molecule has 0 heterocycles. The Hall–Kier alpha value is -1.65. The topological polar surface area (TPSA) is 55.4 Å². The van der Waals surface area contributed by atoms with Crippen molar-refractivity contribution in [2.75, 3.05) is 6.54 Å². The lowest BCUT2D eigenvalue weighted by Crippen LogP contribution is -2.65. The number of benzene rings is 1. The second-order valence-corrected chi connectivity index (χ2v) is 17.9. The highest BCUT2D eigenvalue weighted by molar-refractivity contribution is 6.30. The highest BCUT2D eigenvalue weighted by Gasteiger charge is 2.70. The van der Waals surface area contributed by atoms with Crippen molar-refractivity contribution in [1.29, 1.82) is 0 Å². The summed E-state index contributed by atoms with van der Waals surface area (Å²) in [5.74, 6) is 2.24. The number of allylic oxidation sites excluding steroid dienone is 2. The molecule has 6 rings (SSSR count). The first-order valence-corrected chi connectivity index (χ1v) is 18.4. The molecule has 4 fully saturated rings. The molecule has 45 heavy (non-hydrogen) atoms. The maximum Gasteiger partial charge on any atom is 0.302 e. The molecule has 4 saturated carbocycles. The van der Waals surface area contributed by atoms with Gasteiger partial charge in [-0.2, -0.15) is 0 Å². The fourth-order valence-electron chi connectivity index (χ4n) is 12.6. The van der Waals surface area contributed by atoms with Crippen molar-refractivity contribution in [1.82, 2.24) is 5.32 Å². The molecule has 1 aromatic rings. The van der Waals surface area contributed by atoms with Crippen LogP contribution in [0.25, 0.3) is 0 Å². The molecular weight excluding hydrogens is 578 g/mol. The molecule has 0 spiro atoms. The number of carbonyl (C=O) groups excluding carboxylic acids is 2. The van der Waals surface area contributed by atoms with Crippen LogP contribution in [0.1, 0.15) is 125 Å². The molecule has 0 amide bonds. The van der Waals surface area contributed by atoms with Crippen LogP contribution in [-0.2, 0) is 20.9 Å². The predicted molar refractivity (Wildman–Crippen MR) is 183 cm³/mol. The number of esters is 1. The first-order chi connectivity index (χ1) is 21.1. The maximum atomic E-state index is 13.9. The molecule has 5 heteroatoms. The minimum absolute atomic E-state index is 0.00222. The largest absolute Gasteiger partial charge is 0.462 e. The van der Waals surface area contributed by atoms with E-state index in [1.165, 1.54) is 43.2 Å². The number of ketones is 1. The third-order valence-electron chi connectivity index (χ3n) is 14.8. The zero-order valence-electron chi connectivity index (χ0n) is 29.3. The SMILES string of the molecule is CC(=O)O[C@H]1CC[C@]2(C)[C@H]3CC[C@@H]4C5=C(C(C)C)C(=O)C[C@]5(CCNCc5ccc(Cl)cc5)CC[C@@]4(C)[C@]3(C)CC[C@H]2C1(C)C. The average molecular weight is 636 g/mol. The number of ether oxygens (including phenoxy) is 1. The van der Waals surface area contributed by atoms with Gasteiger partial charge in [-0.25, -0.2) is 0 Å². The summed E-state index contributed by atoms with van der Waals surface area (Å²) in [4.78, 5) is 25.9. The maximum absolute atomic E-state index is 13.9. The Balaban J connectivity index is 1.28. The van der Waals surface area contributed by atoms with Crippen molar-refractivity contribution >= 4 is 23.4 Å². The molecule has 0 aliphatic heterocycles. The molecule has 0 saturated heterocycles. The summed E-state index contributed by atoms with van der Waals surface area (Å²) in [5, 5.41) is 4.49.